The van der Waals surface area contributed by atoms with Crippen molar-refractivity contribution in [2.24, 2.45) is 11.8 Å². The van der Waals surface area contributed by atoms with Crippen molar-refractivity contribution < 1.29 is 0 Å². The summed E-state index contributed by atoms with van der Waals surface area (Å²) in [5, 5.41) is 3.44. The molecular weight excluding hydrogens is 170 g/mol. The summed E-state index contributed by atoms with van der Waals surface area (Å²) >= 11 is 0. The third kappa shape index (κ3) is 1.98. The topological polar surface area (TPSA) is 12.0 Å². The number of hydrogen-bond donors (Lipinski definition) is 1. The Balaban J connectivity index is 2.12. The summed E-state index contributed by atoms with van der Waals surface area (Å²) in [6, 6.07) is 11.3. The van der Waals surface area contributed by atoms with E-state index in [0.29, 0.717) is 6.04 Å². The number of hydrogen-bond acceptors (Lipinski definition) is 1. The molecule has 0 amide bonds. The lowest BCUT2D eigenvalue weighted by atomic mass is 9.91. The molecule has 0 aromatic heterocycles. The Morgan fingerprint density at radius 3 is 2.36 bits per heavy atom. The minimum Gasteiger partial charge on any atom is -0.313 e. The van der Waals surface area contributed by atoms with Crippen LogP contribution >= 0.6 is 0 Å². The van der Waals surface area contributed by atoms with Gasteiger partial charge in [0.1, 0.15) is 0 Å². The molecule has 2 rings (SSSR count). The Labute approximate surface area is 86.5 Å². The molecule has 0 spiro atoms. The van der Waals surface area contributed by atoms with Gasteiger partial charge in [-0.2, -0.15) is 0 Å². The van der Waals surface area contributed by atoms with E-state index < -0.39 is 0 Å². The molecule has 2 atom stereocenters. The maximum Gasteiger partial charge on any atom is 0.0346 e. The molecule has 1 aliphatic rings. The molecule has 1 aromatic rings. The summed E-state index contributed by atoms with van der Waals surface area (Å²) in [5.41, 5.74) is 1.43. The first-order valence-electron chi connectivity index (χ1n) is 5.55. The van der Waals surface area contributed by atoms with Crippen molar-refractivity contribution in [2.45, 2.75) is 25.8 Å². The predicted octanol–water partition coefficient (Wildman–Crippen LogP) is 2.99. The maximum atomic E-state index is 3.44. The fourth-order valence-corrected chi connectivity index (χ4v) is 2.29. The molecule has 14 heavy (non-hydrogen) atoms. The lowest BCUT2D eigenvalue weighted by Gasteiger charge is -2.23. The van der Waals surface area contributed by atoms with Crippen LogP contribution in [0.1, 0.15) is 31.4 Å². The summed E-state index contributed by atoms with van der Waals surface area (Å²) in [6.07, 6.45) is 2.85. The Bertz CT molecular complexity index is 277. The first-order valence-corrected chi connectivity index (χ1v) is 5.55. The van der Waals surface area contributed by atoms with Gasteiger partial charge in [-0.25, -0.2) is 0 Å². The molecule has 0 bridgehead atoms. The van der Waals surface area contributed by atoms with Gasteiger partial charge in [-0.1, -0.05) is 37.3 Å². The SMILES string of the molecule is CNC(c1ccccc1)C(C)C1CC1. The monoisotopic (exact) mass is 189 g/mol. The van der Waals surface area contributed by atoms with Crippen LogP contribution in [0, 0.1) is 11.8 Å². The Hall–Kier alpha value is -0.820. The van der Waals surface area contributed by atoms with Gasteiger partial charge in [0.2, 0.25) is 0 Å². The zero-order valence-corrected chi connectivity index (χ0v) is 9.03. The molecule has 0 heterocycles. The molecule has 1 fully saturated rings. The molecule has 0 saturated heterocycles. The van der Waals surface area contributed by atoms with Crippen LogP contribution in [0.3, 0.4) is 0 Å². The zero-order valence-electron chi connectivity index (χ0n) is 9.03. The van der Waals surface area contributed by atoms with E-state index in [1.165, 1.54) is 18.4 Å². The second-order valence-electron chi connectivity index (χ2n) is 4.37. The van der Waals surface area contributed by atoms with Gasteiger partial charge < -0.3 is 5.32 Å². The molecule has 2 unspecified atom stereocenters. The van der Waals surface area contributed by atoms with E-state index in [1.807, 2.05) is 0 Å². The Morgan fingerprint density at radius 1 is 1.21 bits per heavy atom. The zero-order chi connectivity index (χ0) is 9.97. The van der Waals surface area contributed by atoms with E-state index >= 15 is 0 Å². The highest BCUT2D eigenvalue weighted by Gasteiger charge is 2.33. The normalized spacial score (nSPS) is 20.4. The molecular formula is C13H19N. The van der Waals surface area contributed by atoms with Crippen molar-refractivity contribution in [3.8, 4) is 0 Å². The minimum atomic E-state index is 0.531. The van der Waals surface area contributed by atoms with Crippen LogP contribution in [-0.4, -0.2) is 7.05 Å². The van der Waals surface area contributed by atoms with Crippen LogP contribution in [0.2, 0.25) is 0 Å². The predicted molar refractivity (Wildman–Crippen MR) is 60.1 cm³/mol. The first-order chi connectivity index (χ1) is 6.83. The third-order valence-electron chi connectivity index (χ3n) is 3.36. The number of rotatable bonds is 4. The van der Waals surface area contributed by atoms with E-state index in [1.54, 1.807) is 0 Å². The van der Waals surface area contributed by atoms with Gasteiger partial charge in [0, 0.05) is 6.04 Å². The highest BCUT2D eigenvalue weighted by atomic mass is 14.9. The minimum absolute atomic E-state index is 0.531. The summed E-state index contributed by atoms with van der Waals surface area (Å²) in [7, 11) is 2.07. The second-order valence-corrected chi connectivity index (χ2v) is 4.37. The van der Waals surface area contributed by atoms with Crippen LogP contribution < -0.4 is 5.32 Å². The van der Waals surface area contributed by atoms with Crippen molar-refractivity contribution >= 4 is 0 Å². The van der Waals surface area contributed by atoms with E-state index in [-0.39, 0.29) is 0 Å². The average Bonchev–Trinajstić information content (AvgIpc) is 3.03. The summed E-state index contributed by atoms with van der Waals surface area (Å²) in [6.45, 7) is 2.37. The molecule has 1 heteroatoms. The Morgan fingerprint density at radius 2 is 1.86 bits per heavy atom. The molecule has 1 aliphatic carbocycles. The first kappa shape index (κ1) is 9.72. The maximum absolute atomic E-state index is 3.44. The van der Waals surface area contributed by atoms with Crippen LogP contribution in [0.5, 0.6) is 0 Å². The van der Waals surface area contributed by atoms with Gasteiger partial charge in [-0.05, 0) is 37.3 Å². The summed E-state index contributed by atoms with van der Waals surface area (Å²) in [4.78, 5) is 0. The molecule has 0 aliphatic heterocycles. The van der Waals surface area contributed by atoms with Crippen molar-refractivity contribution in [3.05, 3.63) is 35.9 Å². The lowest BCUT2D eigenvalue weighted by molar-refractivity contribution is 0.369. The van der Waals surface area contributed by atoms with E-state index in [0.717, 1.165) is 11.8 Å². The van der Waals surface area contributed by atoms with E-state index in [4.69, 9.17) is 0 Å². The summed E-state index contributed by atoms with van der Waals surface area (Å²) in [5.74, 6) is 1.72. The van der Waals surface area contributed by atoms with E-state index in [2.05, 4.69) is 49.6 Å². The largest absolute Gasteiger partial charge is 0.313 e. The number of nitrogens with one attached hydrogen (secondary N) is 1. The molecule has 76 valence electrons. The highest BCUT2D eigenvalue weighted by molar-refractivity contribution is 5.20. The molecule has 1 N–H and O–H groups in total. The van der Waals surface area contributed by atoms with Gasteiger partial charge in [0.05, 0.1) is 0 Å². The van der Waals surface area contributed by atoms with Crippen LogP contribution in [0.15, 0.2) is 30.3 Å². The van der Waals surface area contributed by atoms with Gasteiger partial charge in [0.15, 0.2) is 0 Å². The van der Waals surface area contributed by atoms with Crippen LogP contribution in [-0.2, 0) is 0 Å². The quantitative estimate of drug-likeness (QED) is 0.767. The van der Waals surface area contributed by atoms with Crippen molar-refractivity contribution in [1.29, 1.82) is 0 Å². The fraction of sp³-hybridized carbons (Fsp3) is 0.538. The van der Waals surface area contributed by atoms with Crippen molar-refractivity contribution in [3.63, 3.8) is 0 Å². The van der Waals surface area contributed by atoms with Gasteiger partial charge in [0.25, 0.3) is 0 Å². The van der Waals surface area contributed by atoms with Crippen molar-refractivity contribution in [1.82, 2.24) is 5.32 Å². The fourth-order valence-electron chi connectivity index (χ4n) is 2.29. The number of benzene rings is 1. The summed E-state index contributed by atoms with van der Waals surface area (Å²) < 4.78 is 0. The molecule has 1 nitrogen and oxygen atoms in total. The molecule has 1 saturated carbocycles. The van der Waals surface area contributed by atoms with Gasteiger partial charge in [-0.3, -0.25) is 0 Å². The van der Waals surface area contributed by atoms with Crippen LogP contribution in [0.4, 0.5) is 0 Å². The Kier molecular flexibility index (Phi) is 2.87. The van der Waals surface area contributed by atoms with E-state index in [9.17, 15) is 0 Å². The van der Waals surface area contributed by atoms with Gasteiger partial charge >= 0.3 is 0 Å². The molecule has 1 aromatic carbocycles. The average molecular weight is 189 g/mol. The smallest absolute Gasteiger partial charge is 0.0346 e. The molecule has 0 radical (unpaired) electrons. The lowest BCUT2D eigenvalue weighted by Crippen LogP contribution is -2.24. The third-order valence-corrected chi connectivity index (χ3v) is 3.36. The highest BCUT2D eigenvalue weighted by Crippen LogP contribution is 2.42. The van der Waals surface area contributed by atoms with Gasteiger partial charge in [-0.15, -0.1) is 0 Å². The van der Waals surface area contributed by atoms with Crippen molar-refractivity contribution in [2.75, 3.05) is 7.05 Å². The standard InChI is InChI=1S/C13H19N/c1-10(11-8-9-11)13(14-2)12-6-4-3-5-7-12/h3-7,10-11,13-14H,8-9H2,1-2H3. The second kappa shape index (κ2) is 4.14. The van der Waals surface area contributed by atoms with Crippen LogP contribution in [0.25, 0.3) is 0 Å².